The summed E-state index contributed by atoms with van der Waals surface area (Å²) in [5, 5.41) is 8.30. The van der Waals surface area contributed by atoms with Gasteiger partial charge < -0.3 is 9.32 Å². The molecule has 5 heteroatoms. The zero-order valence-corrected chi connectivity index (χ0v) is 14.1. The largest absolute Gasteiger partial charge is 0.416 e. The maximum Gasteiger partial charge on any atom is 0.253 e. The van der Waals surface area contributed by atoms with Crippen LogP contribution in [0.3, 0.4) is 0 Å². The average molecular weight is 333 g/mol. The van der Waals surface area contributed by atoms with Crippen molar-refractivity contribution in [2.45, 2.75) is 19.8 Å². The van der Waals surface area contributed by atoms with E-state index in [-0.39, 0.29) is 5.91 Å². The molecule has 2 aromatic carbocycles. The maximum absolute atomic E-state index is 12.4. The van der Waals surface area contributed by atoms with E-state index in [1.165, 1.54) is 0 Å². The van der Waals surface area contributed by atoms with Crippen LogP contribution in [-0.2, 0) is 0 Å². The second-order valence-corrected chi connectivity index (χ2v) is 6.30. The van der Waals surface area contributed by atoms with E-state index in [0.717, 1.165) is 42.6 Å². The van der Waals surface area contributed by atoms with Gasteiger partial charge in [-0.1, -0.05) is 18.2 Å². The fraction of sp³-hybridized carbons (Fsp3) is 0.250. The molecule has 1 saturated heterocycles. The maximum atomic E-state index is 12.4. The number of rotatable bonds is 3. The summed E-state index contributed by atoms with van der Waals surface area (Å²) in [6.07, 6.45) is 2.18. The number of nitrogens with zero attached hydrogens (tertiary/aromatic N) is 3. The number of aromatic nitrogens is 2. The lowest BCUT2D eigenvalue weighted by molar-refractivity contribution is 0.0793. The molecule has 1 amide bonds. The van der Waals surface area contributed by atoms with Crippen LogP contribution < -0.4 is 0 Å². The van der Waals surface area contributed by atoms with Crippen LogP contribution in [0.25, 0.3) is 22.9 Å². The number of carbonyl (C=O) groups is 1. The average Bonchev–Trinajstić information content (AvgIpc) is 3.34. The van der Waals surface area contributed by atoms with E-state index in [9.17, 15) is 4.79 Å². The van der Waals surface area contributed by atoms with Crippen LogP contribution in [0, 0.1) is 6.92 Å². The van der Waals surface area contributed by atoms with Gasteiger partial charge in [-0.15, -0.1) is 10.2 Å². The van der Waals surface area contributed by atoms with Crippen molar-refractivity contribution in [3.63, 3.8) is 0 Å². The molecule has 126 valence electrons. The van der Waals surface area contributed by atoms with Gasteiger partial charge >= 0.3 is 0 Å². The quantitative estimate of drug-likeness (QED) is 0.728. The number of amides is 1. The SMILES string of the molecule is Cc1ccccc1-c1nnc(-c2ccc(C(=O)N3CCCC3)cc2)o1. The molecule has 5 nitrogen and oxygen atoms in total. The van der Waals surface area contributed by atoms with Crippen molar-refractivity contribution in [2.24, 2.45) is 0 Å². The van der Waals surface area contributed by atoms with Gasteiger partial charge in [0, 0.05) is 29.8 Å². The summed E-state index contributed by atoms with van der Waals surface area (Å²) < 4.78 is 5.82. The Kier molecular flexibility index (Phi) is 4.06. The Labute approximate surface area is 146 Å². The first-order valence-electron chi connectivity index (χ1n) is 8.51. The third-order valence-electron chi connectivity index (χ3n) is 4.57. The molecule has 1 aromatic heterocycles. The second kappa shape index (κ2) is 6.51. The van der Waals surface area contributed by atoms with Gasteiger partial charge in [0.2, 0.25) is 11.8 Å². The summed E-state index contributed by atoms with van der Waals surface area (Å²) in [6.45, 7) is 3.71. The Morgan fingerprint density at radius 2 is 1.64 bits per heavy atom. The molecule has 0 N–H and O–H groups in total. The topological polar surface area (TPSA) is 59.2 Å². The summed E-state index contributed by atoms with van der Waals surface area (Å²) in [5.41, 5.74) is 3.53. The molecule has 0 unspecified atom stereocenters. The first kappa shape index (κ1) is 15.6. The number of likely N-dealkylation sites (tertiary alicyclic amines) is 1. The predicted molar refractivity (Wildman–Crippen MR) is 95.0 cm³/mol. The summed E-state index contributed by atoms with van der Waals surface area (Å²) in [5.74, 6) is 1.05. The molecule has 0 radical (unpaired) electrons. The van der Waals surface area contributed by atoms with Crippen LogP contribution in [0.2, 0.25) is 0 Å². The Bertz CT molecular complexity index is 893. The van der Waals surface area contributed by atoms with Gasteiger partial charge in [-0.3, -0.25) is 4.79 Å². The molecule has 0 bridgehead atoms. The number of hydrogen-bond donors (Lipinski definition) is 0. The summed E-state index contributed by atoms with van der Waals surface area (Å²) >= 11 is 0. The molecule has 1 aliphatic heterocycles. The monoisotopic (exact) mass is 333 g/mol. The molecular formula is C20H19N3O2. The lowest BCUT2D eigenvalue weighted by Gasteiger charge is -2.15. The van der Waals surface area contributed by atoms with Crippen molar-refractivity contribution < 1.29 is 9.21 Å². The van der Waals surface area contributed by atoms with E-state index in [1.807, 2.05) is 60.4 Å². The number of benzene rings is 2. The number of carbonyl (C=O) groups excluding carboxylic acids is 1. The van der Waals surface area contributed by atoms with Crippen LogP contribution >= 0.6 is 0 Å². The molecular weight excluding hydrogens is 314 g/mol. The number of aryl methyl sites for hydroxylation is 1. The van der Waals surface area contributed by atoms with E-state index in [4.69, 9.17) is 4.42 Å². The highest BCUT2D eigenvalue weighted by Gasteiger charge is 2.19. The van der Waals surface area contributed by atoms with E-state index >= 15 is 0 Å². The predicted octanol–water partition coefficient (Wildman–Crippen LogP) is 3.95. The Morgan fingerprint density at radius 3 is 2.36 bits per heavy atom. The minimum atomic E-state index is 0.0928. The molecule has 4 rings (SSSR count). The van der Waals surface area contributed by atoms with Gasteiger partial charge in [-0.05, 0) is 55.7 Å². The summed E-state index contributed by atoms with van der Waals surface area (Å²) in [6, 6.07) is 15.3. The van der Waals surface area contributed by atoms with Gasteiger partial charge in [0.05, 0.1) is 0 Å². The fourth-order valence-corrected chi connectivity index (χ4v) is 3.12. The van der Waals surface area contributed by atoms with Crippen molar-refractivity contribution in [1.82, 2.24) is 15.1 Å². The minimum Gasteiger partial charge on any atom is -0.416 e. The Balaban J connectivity index is 1.57. The highest BCUT2D eigenvalue weighted by Crippen LogP contribution is 2.26. The van der Waals surface area contributed by atoms with Crippen molar-refractivity contribution in [3.05, 3.63) is 59.7 Å². The van der Waals surface area contributed by atoms with Gasteiger partial charge in [0.25, 0.3) is 5.91 Å². The molecule has 0 spiro atoms. The molecule has 1 aliphatic rings. The van der Waals surface area contributed by atoms with E-state index in [0.29, 0.717) is 17.3 Å². The molecule has 1 fully saturated rings. The zero-order chi connectivity index (χ0) is 17.2. The van der Waals surface area contributed by atoms with Crippen LogP contribution in [0.15, 0.2) is 52.9 Å². The molecule has 2 heterocycles. The minimum absolute atomic E-state index is 0.0928. The van der Waals surface area contributed by atoms with Crippen molar-refractivity contribution in [3.8, 4) is 22.9 Å². The first-order chi connectivity index (χ1) is 12.2. The standard InChI is InChI=1S/C20H19N3O2/c1-14-6-2-3-7-17(14)19-22-21-18(25-19)15-8-10-16(11-9-15)20(24)23-12-4-5-13-23/h2-3,6-11H,4-5,12-13H2,1H3. The molecule has 25 heavy (non-hydrogen) atoms. The third kappa shape index (κ3) is 3.05. The Hall–Kier alpha value is -2.95. The summed E-state index contributed by atoms with van der Waals surface area (Å²) in [4.78, 5) is 14.3. The van der Waals surface area contributed by atoms with E-state index in [1.54, 1.807) is 0 Å². The third-order valence-corrected chi connectivity index (χ3v) is 4.57. The van der Waals surface area contributed by atoms with E-state index < -0.39 is 0 Å². The van der Waals surface area contributed by atoms with Crippen LogP contribution in [-0.4, -0.2) is 34.1 Å². The normalized spacial score (nSPS) is 14.0. The molecule has 0 aliphatic carbocycles. The van der Waals surface area contributed by atoms with Crippen molar-refractivity contribution in [2.75, 3.05) is 13.1 Å². The van der Waals surface area contributed by atoms with Crippen LogP contribution in [0.4, 0.5) is 0 Å². The second-order valence-electron chi connectivity index (χ2n) is 6.30. The molecule has 3 aromatic rings. The number of hydrogen-bond acceptors (Lipinski definition) is 4. The van der Waals surface area contributed by atoms with Gasteiger partial charge in [-0.2, -0.15) is 0 Å². The fourth-order valence-electron chi connectivity index (χ4n) is 3.12. The zero-order valence-electron chi connectivity index (χ0n) is 14.1. The van der Waals surface area contributed by atoms with Gasteiger partial charge in [-0.25, -0.2) is 0 Å². The highest BCUT2D eigenvalue weighted by molar-refractivity contribution is 5.94. The molecule has 0 saturated carbocycles. The van der Waals surface area contributed by atoms with Gasteiger partial charge in [0.1, 0.15) is 0 Å². The molecule has 0 atom stereocenters. The summed E-state index contributed by atoms with van der Waals surface area (Å²) in [7, 11) is 0. The lowest BCUT2D eigenvalue weighted by Crippen LogP contribution is -2.27. The van der Waals surface area contributed by atoms with Crippen LogP contribution in [0.5, 0.6) is 0 Å². The lowest BCUT2D eigenvalue weighted by atomic mass is 10.1. The highest BCUT2D eigenvalue weighted by atomic mass is 16.4. The van der Waals surface area contributed by atoms with Crippen molar-refractivity contribution in [1.29, 1.82) is 0 Å². The van der Waals surface area contributed by atoms with Crippen LogP contribution in [0.1, 0.15) is 28.8 Å². The smallest absolute Gasteiger partial charge is 0.253 e. The van der Waals surface area contributed by atoms with Crippen molar-refractivity contribution >= 4 is 5.91 Å². The van der Waals surface area contributed by atoms with E-state index in [2.05, 4.69) is 10.2 Å². The Morgan fingerprint density at radius 1 is 0.960 bits per heavy atom. The first-order valence-corrected chi connectivity index (χ1v) is 8.51. The van der Waals surface area contributed by atoms with Gasteiger partial charge in [0.15, 0.2) is 0 Å².